The van der Waals surface area contributed by atoms with Crippen molar-refractivity contribution < 1.29 is 0 Å². The minimum atomic E-state index is -0.164. The maximum Gasteiger partial charge on any atom is 0.268 e. The van der Waals surface area contributed by atoms with Gasteiger partial charge >= 0.3 is 0 Å². The molecule has 0 saturated carbocycles. The number of pyridine rings is 1. The molecule has 0 amide bonds. The highest BCUT2D eigenvalue weighted by atomic mass is 16.1. The standard InChI is InChI=1S/C25H24N4O/c1-16-8-10-18(3)21(13-16)26-15-20-24(27-22-14-17(2)9-11-19(22)4)28-23-7-5-6-12-29(23)25(20)30/h5-15,27H,1-4H3. The monoisotopic (exact) mass is 396 g/mol. The number of aromatic nitrogens is 2. The van der Waals surface area contributed by atoms with Gasteiger partial charge in [-0.2, -0.15) is 0 Å². The number of nitrogens with zero attached hydrogens (tertiary/aromatic N) is 3. The van der Waals surface area contributed by atoms with Crippen LogP contribution in [-0.2, 0) is 0 Å². The Balaban J connectivity index is 1.88. The first kappa shape index (κ1) is 19.6. The molecule has 0 unspecified atom stereocenters. The van der Waals surface area contributed by atoms with Crippen LogP contribution in [0.2, 0.25) is 0 Å². The van der Waals surface area contributed by atoms with Gasteiger partial charge in [0, 0.05) is 18.1 Å². The molecule has 0 spiro atoms. The van der Waals surface area contributed by atoms with Crippen LogP contribution in [0.3, 0.4) is 0 Å². The van der Waals surface area contributed by atoms with Crippen LogP contribution in [0.4, 0.5) is 17.2 Å². The highest BCUT2D eigenvalue weighted by molar-refractivity contribution is 5.89. The lowest BCUT2D eigenvalue weighted by Gasteiger charge is -2.13. The van der Waals surface area contributed by atoms with E-state index < -0.39 is 0 Å². The number of rotatable bonds is 4. The van der Waals surface area contributed by atoms with Crippen molar-refractivity contribution >= 4 is 29.1 Å². The molecule has 5 heteroatoms. The molecular formula is C25H24N4O. The number of anilines is 2. The summed E-state index contributed by atoms with van der Waals surface area (Å²) in [5.74, 6) is 0.494. The number of aryl methyl sites for hydroxylation is 4. The second-order valence-electron chi connectivity index (χ2n) is 7.60. The second kappa shape index (κ2) is 7.95. The van der Waals surface area contributed by atoms with Crippen molar-refractivity contribution in [1.82, 2.24) is 9.38 Å². The Bertz CT molecular complexity index is 1340. The number of aliphatic imine (C=N–C) groups is 1. The summed E-state index contributed by atoms with van der Waals surface area (Å²) >= 11 is 0. The van der Waals surface area contributed by atoms with Crippen molar-refractivity contribution in [1.29, 1.82) is 0 Å². The topological polar surface area (TPSA) is 58.8 Å². The van der Waals surface area contributed by atoms with Gasteiger partial charge in [-0.15, -0.1) is 0 Å². The van der Waals surface area contributed by atoms with Crippen molar-refractivity contribution in [2.45, 2.75) is 27.7 Å². The predicted molar refractivity (Wildman–Crippen MR) is 124 cm³/mol. The van der Waals surface area contributed by atoms with E-state index in [1.165, 1.54) is 0 Å². The molecule has 150 valence electrons. The normalized spacial score (nSPS) is 11.3. The van der Waals surface area contributed by atoms with Gasteiger partial charge in [-0.1, -0.05) is 30.3 Å². The lowest BCUT2D eigenvalue weighted by atomic mass is 10.1. The van der Waals surface area contributed by atoms with Gasteiger partial charge in [-0.3, -0.25) is 14.2 Å². The van der Waals surface area contributed by atoms with Gasteiger partial charge in [0.1, 0.15) is 17.0 Å². The van der Waals surface area contributed by atoms with Gasteiger partial charge in [0.05, 0.1) is 5.69 Å². The zero-order chi connectivity index (χ0) is 21.3. The molecule has 30 heavy (non-hydrogen) atoms. The van der Waals surface area contributed by atoms with E-state index in [1.807, 2.05) is 64.1 Å². The average Bonchev–Trinajstić information content (AvgIpc) is 2.73. The van der Waals surface area contributed by atoms with Crippen molar-refractivity contribution in [2.24, 2.45) is 4.99 Å². The van der Waals surface area contributed by atoms with Gasteiger partial charge in [0.25, 0.3) is 5.56 Å². The fourth-order valence-corrected chi connectivity index (χ4v) is 3.31. The number of benzene rings is 2. The third kappa shape index (κ3) is 3.87. The minimum Gasteiger partial charge on any atom is -0.339 e. The van der Waals surface area contributed by atoms with Gasteiger partial charge in [-0.05, 0) is 74.2 Å². The molecule has 0 atom stereocenters. The number of nitrogens with one attached hydrogen (secondary N) is 1. The summed E-state index contributed by atoms with van der Waals surface area (Å²) < 4.78 is 1.54. The van der Waals surface area contributed by atoms with E-state index in [4.69, 9.17) is 4.98 Å². The van der Waals surface area contributed by atoms with Crippen LogP contribution >= 0.6 is 0 Å². The molecular weight excluding hydrogens is 372 g/mol. The van der Waals surface area contributed by atoms with Crippen LogP contribution in [0.5, 0.6) is 0 Å². The molecule has 0 fully saturated rings. The van der Waals surface area contributed by atoms with Crippen LogP contribution in [-0.4, -0.2) is 15.6 Å². The van der Waals surface area contributed by atoms with E-state index in [1.54, 1.807) is 16.8 Å². The summed E-state index contributed by atoms with van der Waals surface area (Å²) in [5.41, 5.74) is 6.97. The van der Waals surface area contributed by atoms with E-state index in [9.17, 15) is 4.79 Å². The van der Waals surface area contributed by atoms with E-state index in [2.05, 4.69) is 28.5 Å². The Hall–Kier alpha value is -3.73. The highest BCUT2D eigenvalue weighted by Gasteiger charge is 2.13. The van der Waals surface area contributed by atoms with Crippen LogP contribution in [0.15, 0.2) is 70.6 Å². The highest BCUT2D eigenvalue weighted by Crippen LogP contribution is 2.23. The SMILES string of the molecule is Cc1ccc(C)c(N=Cc2c(Nc3cc(C)ccc3C)nc3ccccn3c2=O)c1. The number of hydrogen-bond donors (Lipinski definition) is 1. The number of hydrogen-bond acceptors (Lipinski definition) is 4. The summed E-state index contributed by atoms with van der Waals surface area (Å²) in [7, 11) is 0. The van der Waals surface area contributed by atoms with E-state index >= 15 is 0 Å². The molecule has 0 aliphatic rings. The maximum absolute atomic E-state index is 13.3. The largest absolute Gasteiger partial charge is 0.339 e. The van der Waals surface area contributed by atoms with Gasteiger partial charge in [-0.25, -0.2) is 4.98 Å². The first-order valence-corrected chi connectivity index (χ1v) is 9.89. The first-order chi connectivity index (χ1) is 14.4. The van der Waals surface area contributed by atoms with Crippen LogP contribution in [0.25, 0.3) is 5.65 Å². The molecule has 0 aliphatic carbocycles. The lowest BCUT2D eigenvalue weighted by molar-refractivity contribution is 1.04. The van der Waals surface area contributed by atoms with Crippen LogP contribution in [0.1, 0.15) is 27.8 Å². The quantitative estimate of drug-likeness (QED) is 0.469. The molecule has 1 N–H and O–H groups in total. The Morgan fingerprint density at radius 1 is 0.933 bits per heavy atom. The molecule has 0 saturated heterocycles. The van der Waals surface area contributed by atoms with Gasteiger partial charge in [0.2, 0.25) is 0 Å². The second-order valence-corrected chi connectivity index (χ2v) is 7.60. The molecule has 2 aromatic carbocycles. The van der Waals surface area contributed by atoms with Gasteiger partial charge in [0.15, 0.2) is 0 Å². The Kier molecular flexibility index (Phi) is 5.19. The lowest BCUT2D eigenvalue weighted by Crippen LogP contribution is -2.21. The van der Waals surface area contributed by atoms with Crippen molar-refractivity contribution in [3.05, 3.63) is 99.0 Å². The van der Waals surface area contributed by atoms with E-state index in [0.29, 0.717) is 17.0 Å². The summed E-state index contributed by atoms with van der Waals surface area (Å²) in [6.07, 6.45) is 3.34. The molecule has 5 nitrogen and oxygen atoms in total. The van der Waals surface area contributed by atoms with Crippen LogP contribution in [0, 0.1) is 27.7 Å². The molecule has 4 rings (SSSR count). The summed E-state index contributed by atoms with van der Waals surface area (Å²) in [4.78, 5) is 22.6. The molecule has 2 heterocycles. The third-order valence-electron chi connectivity index (χ3n) is 5.11. The predicted octanol–water partition coefficient (Wildman–Crippen LogP) is 5.42. The average molecular weight is 396 g/mol. The fourth-order valence-electron chi connectivity index (χ4n) is 3.31. The minimum absolute atomic E-state index is 0.164. The van der Waals surface area contributed by atoms with E-state index in [-0.39, 0.29) is 5.56 Å². The molecule has 0 bridgehead atoms. The fraction of sp³-hybridized carbons (Fsp3) is 0.160. The molecule has 0 aliphatic heterocycles. The van der Waals surface area contributed by atoms with Gasteiger partial charge < -0.3 is 5.32 Å². The third-order valence-corrected chi connectivity index (χ3v) is 5.11. The first-order valence-electron chi connectivity index (χ1n) is 9.89. The Morgan fingerprint density at radius 2 is 1.67 bits per heavy atom. The van der Waals surface area contributed by atoms with Crippen molar-refractivity contribution in [3.63, 3.8) is 0 Å². The summed E-state index contributed by atoms with van der Waals surface area (Å²) in [5, 5.41) is 3.36. The zero-order valence-corrected chi connectivity index (χ0v) is 17.6. The maximum atomic E-state index is 13.3. The summed E-state index contributed by atoms with van der Waals surface area (Å²) in [6.45, 7) is 8.10. The van der Waals surface area contributed by atoms with Crippen molar-refractivity contribution in [3.8, 4) is 0 Å². The van der Waals surface area contributed by atoms with Crippen molar-refractivity contribution in [2.75, 3.05) is 5.32 Å². The molecule has 0 radical (unpaired) electrons. The van der Waals surface area contributed by atoms with E-state index in [0.717, 1.165) is 33.6 Å². The smallest absolute Gasteiger partial charge is 0.268 e. The van der Waals surface area contributed by atoms with Crippen LogP contribution < -0.4 is 10.9 Å². The molecule has 2 aromatic heterocycles. The molecule has 4 aromatic rings. The Labute approximate surface area is 175 Å². The zero-order valence-electron chi connectivity index (χ0n) is 17.6. The Morgan fingerprint density at radius 3 is 2.47 bits per heavy atom. The summed E-state index contributed by atoms with van der Waals surface area (Å²) in [6, 6.07) is 17.8. The number of fused-ring (bicyclic) bond motifs is 1.